The number of carbonyl (C=O) groups is 1. The van der Waals surface area contributed by atoms with E-state index in [0.717, 1.165) is 5.56 Å². The lowest BCUT2D eigenvalue weighted by molar-refractivity contribution is -0.131. The third-order valence-corrected chi connectivity index (χ3v) is 4.72. The zero-order chi connectivity index (χ0) is 18.5. The van der Waals surface area contributed by atoms with Crippen molar-refractivity contribution in [1.82, 2.24) is 14.9 Å². The van der Waals surface area contributed by atoms with Crippen molar-refractivity contribution in [3.05, 3.63) is 76.3 Å². The normalized spacial score (nSPS) is 12.1. The third kappa shape index (κ3) is 3.99. The van der Waals surface area contributed by atoms with Crippen LogP contribution in [-0.2, 0) is 11.2 Å². The van der Waals surface area contributed by atoms with E-state index in [1.165, 1.54) is 0 Å². The van der Waals surface area contributed by atoms with E-state index in [0.29, 0.717) is 36.0 Å². The van der Waals surface area contributed by atoms with Gasteiger partial charge in [-0.2, -0.15) is 0 Å². The smallest absolute Gasteiger partial charge is 0.258 e. The van der Waals surface area contributed by atoms with Crippen molar-refractivity contribution in [2.75, 3.05) is 7.05 Å². The largest absolute Gasteiger partial charge is 0.339 e. The highest BCUT2D eigenvalue weighted by Crippen LogP contribution is 2.19. The van der Waals surface area contributed by atoms with E-state index in [-0.39, 0.29) is 17.5 Å². The van der Waals surface area contributed by atoms with E-state index in [1.807, 2.05) is 62.5 Å². The number of fused-ring (bicyclic) bond motifs is 1. The predicted octanol–water partition coefficient (Wildman–Crippen LogP) is 3.47. The molecule has 0 fully saturated rings. The molecule has 1 N–H and O–H groups in total. The molecule has 5 heteroatoms. The Bertz CT molecular complexity index is 950. The Balaban J connectivity index is 1.59. The van der Waals surface area contributed by atoms with Crippen molar-refractivity contribution in [1.29, 1.82) is 0 Å². The average molecular weight is 349 g/mol. The van der Waals surface area contributed by atoms with Gasteiger partial charge < -0.3 is 9.88 Å². The first-order chi connectivity index (χ1) is 12.6. The molecule has 1 atom stereocenters. The van der Waals surface area contributed by atoms with E-state index in [2.05, 4.69) is 9.97 Å². The minimum atomic E-state index is -0.133. The van der Waals surface area contributed by atoms with E-state index in [1.54, 1.807) is 11.0 Å². The highest BCUT2D eigenvalue weighted by atomic mass is 16.2. The van der Waals surface area contributed by atoms with Crippen molar-refractivity contribution < 1.29 is 4.79 Å². The highest BCUT2D eigenvalue weighted by Gasteiger charge is 2.17. The van der Waals surface area contributed by atoms with Crippen LogP contribution in [0.1, 0.15) is 37.2 Å². The summed E-state index contributed by atoms with van der Waals surface area (Å²) in [6.07, 6.45) is 1.63. The Morgan fingerprint density at radius 2 is 1.81 bits per heavy atom. The summed E-state index contributed by atoms with van der Waals surface area (Å²) in [5.74, 6) is 0.713. The summed E-state index contributed by atoms with van der Waals surface area (Å²) in [4.78, 5) is 33.6. The molecule has 3 rings (SSSR count). The predicted molar refractivity (Wildman–Crippen MR) is 103 cm³/mol. The maximum Gasteiger partial charge on any atom is 0.258 e. The summed E-state index contributed by atoms with van der Waals surface area (Å²) in [5, 5.41) is 0.587. The number of aromatic amines is 1. The van der Waals surface area contributed by atoms with Crippen LogP contribution < -0.4 is 5.56 Å². The molecule has 1 unspecified atom stereocenters. The van der Waals surface area contributed by atoms with Gasteiger partial charge in [0.05, 0.1) is 16.9 Å². The molecule has 0 radical (unpaired) electrons. The molecule has 1 heterocycles. The second-order valence-electron chi connectivity index (χ2n) is 6.47. The summed E-state index contributed by atoms with van der Waals surface area (Å²) >= 11 is 0. The molecule has 0 spiro atoms. The fourth-order valence-corrected chi connectivity index (χ4v) is 3.01. The van der Waals surface area contributed by atoms with Crippen LogP contribution in [0.4, 0.5) is 0 Å². The van der Waals surface area contributed by atoms with Gasteiger partial charge >= 0.3 is 0 Å². The molecule has 0 bridgehead atoms. The lowest BCUT2D eigenvalue weighted by atomic mass is 10.1. The monoisotopic (exact) mass is 349 g/mol. The lowest BCUT2D eigenvalue weighted by Gasteiger charge is -2.25. The molecule has 0 aliphatic heterocycles. The van der Waals surface area contributed by atoms with E-state index < -0.39 is 0 Å². The molecule has 5 nitrogen and oxygen atoms in total. The van der Waals surface area contributed by atoms with Crippen molar-refractivity contribution in [3.63, 3.8) is 0 Å². The van der Waals surface area contributed by atoms with Crippen LogP contribution in [0.15, 0.2) is 59.4 Å². The Kier molecular flexibility index (Phi) is 5.46. The summed E-state index contributed by atoms with van der Waals surface area (Å²) in [5.41, 5.74) is 1.67. The Morgan fingerprint density at radius 1 is 1.12 bits per heavy atom. The summed E-state index contributed by atoms with van der Waals surface area (Å²) in [7, 11) is 1.83. The number of aryl methyl sites for hydroxylation is 1. The fraction of sp³-hybridized carbons (Fsp3) is 0.286. The fourth-order valence-electron chi connectivity index (χ4n) is 3.01. The standard InChI is InChI=1S/C21H23N3O2/c1-15(16-9-4-3-5-10-16)24(2)20(25)14-8-13-19-22-18-12-7-6-11-17(18)21(26)23-19/h3-7,9-12,15H,8,13-14H2,1-2H3,(H,22,23,26). The van der Waals surface area contributed by atoms with Crippen LogP contribution in [0, 0.1) is 0 Å². The average Bonchev–Trinajstić information content (AvgIpc) is 2.67. The van der Waals surface area contributed by atoms with E-state index in [9.17, 15) is 9.59 Å². The van der Waals surface area contributed by atoms with Crippen LogP contribution >= 0.6 is 0 Å². The first kappa shape index (κ1) is 17.9. The molecule has 3 aromatic rings. The van der Waals surface area contributed by atoms with Gasteiger partial charge in [0.2, 0.25) is 5.91 Å². The minimum Gasteiger partial charge on any atom is -0.339 e. The zero-order valence-electron chi connectivity index (χ0n) is 15.1. The second kappa shape index (κ2) is 7.95. The first-order valence-corrected chi connectivity index (χ1v) is 8.85. The Morgan fingerprint density at radius 3 is 2.58 bits per heavy atom. The van der Waals surface area contributed by atoms with Gasteiger partial charge in [-0.25, -0.2) is 4.98 Å². The number of aromatic nitrogens is 2. The van der Waals surface area contributed by atoms with Gasteiger partial charge in [-0.05, 0) is 31.0 Å². The molecule has 26 heavy (non-hydrogen) atoms. The SMILES string of the molecule is CC(c1ccccc1)N(C)C(=O)CCCc1nc2ccccc2c(=O)[nH]1. The van der Waals surface area contributed by atoms with Gasteiger partial charge in [0.15, 0.2) is 0 Å². The highest BCUT2D eigenvalue weighted by molar-refractivity contribution is 5.77. The van der Waals surface area contributed by atoms with Crippen LogP contribution in [0.2, 0.25) is 0 Å². The number of H-pyrrole nitrogens is 1. The van der Waals surface area contributed by atoms with Gasteiger partial charge in [-0.1, -0.05) is 42.5 Å². The molecular weight excluding hydrogens is 326 g/mol. The Labute approximate surface area is 152 Å². The second-order valence-corrected chi connectivity index (χ2v) is 6.47. The van der Waals surface area contributed by atoms with Crippen molar-refractivity contribution in [2.45, 2.75) is 32.2 Å². The van der Waals surface area contributed by atoms with Gasteiger partial charge in [0.1, 0.15) is 5.82 Å². The summed E-state index contributed by atoms with van der Waals surface area (Å²) < 4.78 is 0. The quantitative estimate of drug-likeness (QED) is 0.741. The summed E-state index contributed by atoms with van der Waals surface area (Å²) in [6, 6.07) is 17.3. The number of hydrogen-bond acceptors (Lipinski definition) is 3. The van der Waals surface area contributed by atoms with E-state index >= 15 is 0 Å². The van der Waals surface area contributed by atoms with Crippen molar-refractivity contribution in [2.24, 2.45) is 0 Å². The number of carbonyl (C=O) groups excluding carboxylic acids is 1. The summed E-state index contributed by atoms with van der Waals surface area (Å²) in [6.45, 7) is 2.02. The van der Waals surface area contributed by atoms with Gasteiger partial charge in [0.25, 0.3) is 5.56 Å². The van der Waals surface area contributed by atoms with Gasteiger partial charge in [-0.15, -0.1) is 0 Å². The molecule has 0 saturated carbocycles. The maximum absolute atomic E-state index is 12.5. The molecular formula is C21H23N3O2. The van der Waals surface area contributed by atoms with Crippen molar-refractivity contribution in [3.8, 4) is 0 Å². The topological polar surface area (TPSA) is 66.1 Å². The molecule has 2 aromatic carbocycles. The number of nitrogens with one attached hydrogen (secondary N) is 1. The molecule has 0 aliphatic carbocycles. The zero-order valence-corrected chi connectivity index (χ0v) is 15.1. The van der Waals surface area contributed by atoms with Crippen molar-refractivity contribution >= 4 is 16.8 Å². The Hall–Kier alpha value is -2.95. The number of rotatable bonds is 6. The first-order valence-electron chi connectivity index (χ1n) is 8.85. The molecule has 0 saturated heterocycles. The van der Waals surface area contributed by atoms with Crippen LogP contribution in [0.25, 0.3) is 10.9 Å². The van der Waals surface area contributed by atoms with Gasteiger partial charge in [0, 0.05) is 19.9 Å². The molecule has 1 amide bonds. The molecule has 1 aromatic heterocycles. The number of para-hydroxylation sites is 1. The molecule has 134 valence electrons. The van der Waals surface area contributed by atoms with Crippen LogP contribution in [0.3, 0.4) is 0 Å². The number of hydrogen-bond donors (Lipinski definition) is 1. The van der Waals surface area contributed by atoms with E-state index in [4.69, 9.17) is 0 Å². The number of benzene rings is 2. The van der Waals surface area contributed by atoms with Crippen LogP contribution in [-0.4, -0.2) is 27.8 Å². The minimum absolute atomic E-state index is 0.0299. The van der Waals surface area contributed by atoms with Gasteiger partial charge in [-0.3, -0.25) is 9.59 Å². The third-order valence-electron chi connectivity index (χ3n) is 4.72. The number of nitrogens with zero attached hydrogens (tertiary/aromatic N) is 2. The molecule has 0 aliphatic rings. The maximum atomic E-state index is 12.5. The lowest BCUT2D eigenvalue weighted by Crippen LogP contribution is -2.29. The number of amides is 1. The van der Waals surface area contributed by atoms with Crippen LogP contribution in [0.5, 0.6) is 0 Å².